The van der Waals surface area contributed by atoms with Gasteiger partial charge in [0.2, 0.25) is 0 Å². The molecule has 0 aliphatic heterocycles. The summed E-state index contributed by atoms with van der Waals surface area (Å²) in [6, 6.07) is 1.77. The van der Waals surface area contributed by atoms with Crippen molar-refractivity contribution in [1.29, 1.82) is 0 Å². The van der Waals surface area contributed by atoms with Gasteiger partial charge < -0.3 is 5.11 Å². The molecule has 0 aliphatic rings. The molecule has 0 bridgehead atoms. The molecule has 0 saturated heterocycles. The summed E-state index contributed by atoms with van der Waals surface area (Å²) < 4.78 is 2.37. The van der Waals surface area contributed by atoms with E-state index in [2.05, 4.69) is 37.7 Å². The maximum atomic E-state index is 9.66. The Morgan fingerprint density at radius 2 is 2.20 bits per heavy atom. The Balaban J connectivity index is 3.09. The molecule has 0 fully saturated rings. The summed E-state index contributed by atoms with van der Waals surface area (Å²) >= 11 is 2.09. The van der Waals surface area contributed by atoms with Crippen LogP contribution in [-0.4, -0.2) is 30.5 Å². The quantitative estimate of drug-likeness (QED) is 0.831. The Kier molecular flexibility index (Phi) is 4.40. The van der Waals surface area contributed by atoms with Crippen LogP contribution in [0.3, 0.4) is 0 Å². The molecule has 5 nitrogen and oxygen atoms in total. The van der Waals surface area contributed by atoms with Crippen molar-refractivity contribution in [3.63, 3.8) is 0 Å². The molecule has 0 aromatic carbocycles. The van der Waals surface area contributed by atoms with Gasteiger partial charge >= 0.3 is 0 Å². The molecule has 0 saturated carbocycles. The molecular weight excluding hydrogens is 307 g/mol. The molecule has 0 spiro atoms. The van der Waals surface area contributed by atoms with E-state index in [1.807, 2.05) is 0 Å². The fraction of sp³-hybridized carbons (Fsp3) is 0.444. The van der Waals surface area contributed by atoms with E-state index in [9.17, 15) is 5.11 Å². The van der Waals surface area contributed by atoms with Crippen LogP contribution in [0.4, 0.5) is 0 Å². The predicted octanol–water partition coefficient (Wildman–Crippen LogP) is 1.17. The maximum Gasteiger partial charge on any atom is 0.123 e. The summed E-state index contributed by atoms with van der Waals surface area (Å²) in [7, 11) is 0. The lowest BCUT2D eigenvalue weighted by atomic mass is 10.1. The number of halogens is 1. The molecule has 1 aromatic heterocycles. The van der Waals surface area contributed by atoms with Gasteiger partial charge in [0.1, 0.15) is 16.4 Å². The molecule has 15 heavy (non-hydrogen) atoms. The Morgan fingerprint density at radius 1 is 1.47 bits per heavy atom. The average molecular weight is 320 g/mol. The fourth-order valence-corrected chi connectivity index (χ4v) is 1.38. The highest BCUT2D eigenvalue weighted by atomic mass is 127. The first-order valence-electron chi connectivity index (χ1n) is 4.42. The van der Waals surface area contributed by atoms with E-state index < -0.39 is 5.60 Å². The van der Waals surface area contributed by atoms with Crippen LogP contribution in [0.1, 0.15) is 13.8 Å². The highest BCUT2D eigenvalue weighted by Crippen LogP contribution is 2.03. The Labute approximate surface area is 102 Å². The van der Waals surface area contributed by atoms with Gasteiger partial charge in [-0.15, -0.1) is 0 Å². The second kappa shape index (κ2) is 5.36. The van der Waals surface area contributed by atoms with Gasteiger partial charge in [-0.05, 0) is 42.5 Å². The second-order valence-electron chi connectivity index (χ2n) is 3.68. The summed E-state index contributed by atoms with van der Waals surface area (Å²) in [5, 5.41) is 13.9. The van der Waals surface area contributed by atoms with Crippen molar-refractivity contribution < 1.29 is 5.11 Å². The zero-order valence-electron chi connectivity index (χ0n) is 8.63. The molecule has 0 amide bonds. The van der Waals surface area contributed by atoms with Crippen LogP contribution >= 0.6 is 22.6 Å². The molecule has 0 atom stereocenters. The van der Waals surface area contributed by atoms with Crippen LogP contribution in [0.5, 0.6) is 0 Å². The second-order valence-corrected chi connectivity index (χ2v) is 4.78. The van der Waals surface area contributed by atoms with Crippen molar-refractivity contribution in [2.75, 3.05) is 0 Å². The third-order valence-corrected chi connectivity index (χ3v) is 1.98. The Morgan fingerprint density at radius 3 is 2.87 bits per heavy atom. The molecule has 1 aromatic rings. The molecule has 6 heteroatoms. The highest BCUT2D eigenvalue weighted by molar-refractivity contribution is 14.1. The third-order valence-electron chi connectivity index (χ3n) is 1.40. The van der Waals surface area contributed by atoms with Crippen molar-refractivity contribution in [3.8, 4) is 0 Å². The van der Waals surface area contributed by atoms with E-state index in [4.69, 9.17) is 0 Å². The smallest absolute Gasteiger partial charge is 0.123 e. The van der Waals surface area contributed by atoms with Crippen molar-refractivity contribution in [2.24, 2.45) is 0 Å². The van der Waals surface area contributed by atoms with Crippen LogP contribution in [0.15, 0.2) is 24.9 Å². The van der Waals surface area contributed by atoms with Gasteiger partial charge in [-0.25, -0.2) is 9.97 Å². The summed E-state index contributed by atoms with van der Waals surface area (Å²) in [5.41, 5.74) is -0.818. The molecule has 1 N–H and O–H groups in total. The predicted molar refractivity (Wildman–Crippen MR) is 64.5 cm³/mol. The average Bonchev–Trinajstić information content (AvgIpc) is 2.14. The number of aliphatic hydroxyl groups is 1. The van der Waals surface area contributed by atoms with Gasteiger partial charge in [-0.2, -0.15) is 5.10 Å². The Hall–Kier alpha value is -0.760. The zero-order chi connectivity index (χ0) is 11.3. The van der Waals surface area contributed by atoms with Crippen molar-refractivity contribution in [3.05, 3.63) is 28.6 Å². The largest absolute Gasteiger partial charge is 0.389 e. The molecule has 0 unspecified atom stereocenters. The fourth-order valence-electron chi connectivity index (χ4n) is 0.943. The van der Waals surface area contributed by atoms with E-state index in [1.54, 1.807) is 30.8 Å². The molecular formula is C9H13IN4O. The van der Waals surface area contributed by atoms with Crippen LogP contribution in [0, 0.1) is 3.70 Å². The van der Waals surface area contributed by atoms with Gasteiger partial charge in [-0.1, -0.05) is 0 Å². The summed E-state index contributed by atoms with van der Waals surface area (Å²) in [5.74, 6) is 0. The summed E-state index contributed by atoms with van der Waals surface area (Å²) in [6.07, 6.45) is 4.59. The highest BCUT2D eigenvalue weighted by Gasteiger charge is 2.12. The van der Waals surface area contributed by atoms with Crippen LogP contribution in [-0.2, 0) is 6.54 Å². The number of hydrogen-bond donors (Lipinski definition) is 1. The lowest BCUT2D eigenvalue weighted by molar-refractivity contribution is 0.0568. The minimum Gasteiger partial charge on any atom is -0.389 e. The van der Waals surface area contributed by atoms with E-state index in [0.29, 0.717) is 6.54 Å². The first-order valence-corrected chi connectivity index (χ1v) is 5.50. The van der Waals surface area contributed by atoms with E-state index >= 15 is 0 Å². The SMILES string of the molecule is CC(C)(O)Cn1cncnccc(I)n1. The van der Waals surface area contributed by atoms with Crippen molar-refractivity contribution in [1.82, 2.24) is 19.7 Å². The first kappa shape index (κ1) is 12.3. The van der Waals surface area contributed by atoms with Crippen LogP contribution < -0.4 is 0 Å². The monoisotopic (exact) mass is 320 g/mol. The van der Waals surface area contributed by atoms with Crippen LogP contribution in [0.25, 0.3) is 0 Å². The topological polar surface area (TPSA) is 63.8 Å². The first-order chi connectivity index (χ1) is 6.97. The van der Waals surface area contributed by atoms with E-state index in [1.165, 1.54) is 12.7 Å². The molecule has 1 heterocycles. The molecule has 82 valence electrons. The molecule has 1 rings (SSSR count). The van der Waals surface area contributed by atoms with Gasteiger partial charge in [0.15, 0.2) is 0 Å². The van der Waals surface area contributed by atoms with Crippen molar-refractivity contribution >= 4 is 22.6 Å². The van der Waals surface area contributed by atoms with Gasteiger partial charge in [-0.3, -0.25) is 4.68 Å². The number of rotatable bonds is 2. The number of aromatic nitrogens is 4. The standard InChI is InChI=1S/C9H13IN4O/c1-9(2,15)5-14-7-12-6-11-4-3-8(10)13-14/h3-4,6-7,15H,5H2,1-2H3. The maximum absolute atomic E-state index is 9.66. The zero-order valence-corrected chi connectivity index (χ0v) is 10.8. The van der Waals surface area contributed by atoms with E-state index in [0.717, 1.165) is 3.70 Å². The minimum atomic E-state index is -0.818. The number of hydrogen-bond acceptors (Lipinski definition) is 4. The van der Waals surface area contributed by atoms with Gasteiger partial charge in [0, 0.05) is 6.20 Å². The normalized spacial score (nSPS) is 10.9. The lowest BCUT2D eigenvalue weighted by Crippen LogP contribution is -2.27. The van der Waals surface area contributed by atoms with Crippen LogP contribution in [0.2, 0.25) is 0 Å². The number of nitrogens with zero attached hydrogens (tertiary/aromatic N) is 4. The van der Waals surface area contributed by atoms with Gasteiger partial charge in [0.05, 0.1) is 12.1 Å². The minimum absolute atomic E-state index is 0.380. The van der Waals surface area contributed by atoms with Gasteiger partial charge in [0.25, 0.3) is 0 Å². The molecule has 0 aliphatic carbocycles. The van der Waals surface area contributed by atoms with Crippen molar-refractivity contribution in [2.45, 2.75) is 26.0 Å². The third kappa shape index (κ3) is 5.63. The van der Waals surface area contributed by atoms with E-state index in [-0.39, 0.29) is 0 Å². The lowest BCUT2D eigenvalue weighted by Gasteiger charge is -2.16. The Bertz CT molecular complexity index is 371. The molecule has 0 radical (unpaired) electrons. The summed E-state index contributed by atoms with van der Waals surface area (Å²) in [4.78, 5) is 7.82. The summed E-state index contributed by atoms with van der Waals surface area (Å²) in [6.45, 7) is 3.82.